The number of hydrogen-bond acceptors (Lipinski definition) is 3. The van der Waals surface area contributed by atoms with Crippen LogP contribution in [-0.4, -0.2) is 21.6 Å². The Morgan fingerprint density at radius 2 is 1.75 bits per heavy atom. The average molecular weight is 490 g/mol. The molecule has 0 saturated heterocycles. The van der Waals surface area contributed by atoms with Crippen molar-refractivity contribution in [3.63, 3.8) is 0 Å². The molecule has 11 heteroatoms. The first-order valence-electron chi connectivity index (χ1n) is 9.10. The molecule has 1 heterocycles. The predicted octanol–water partition coefficient (Wildman–Crippen LogP) is 5.89. The molecule has 32 heavy (non-hydrogen) atoms. The summed E-state index contributed by atoms with van der Waals surface area (Å²) in [6.45, 7) is -0.222. The van der Waals surface area contributed by atoms with E-state index in [1.807, 2.05) is 0 Å². The van der Waals surface area contributed by atoms with E-state index in [0.29, 0.717) is 12.1 Å². The Labute approximate surface area is 184 Å². The quantitative estimate of drug-likeness (QED) is 0.340. The summed E-state index contributed by atoms with van der Waals surface area (Å²) in [5.41, 5.74) is -0.925. The lowest BCUT2D eigenvalue weighted by Crippen LogP contribution is -2.38. The number of benzene rings is 3. The highest BCUT2D eigenvalue weighted by atomic mass is 35.5. The van der Waals surface area contributed by atoms with Crippen molar-refractivity contribution in [2.24, 2.45) is 0 Å². The number of sulfonamides is 1. The van der Waals surface area contributed by atoms with E-state index in [0.717, 1.165) is 28.6 Å². The molecule has 3 aromatic carbocycles. The number of fused-ring (bicyclic) bond motifs is 1. The molecule has 0 spiro atoms. The molecule has 4 rings (SSSR count). The number of rotatable bonds is 3. The highest BCUT2D eigenvalue weighted by Gasteiger charge is 2.35. The van der Waals surface area contributed by atoms with Gasteiger partial charge in [0.25, 0.3) is 10.0 Å². The van der Waals surface area contributed by atoms with E-state index in [1.165, 1.54) is 18.2 Å². The van der Waals surface area contributed by atoms with Crippen molar-refractivity contribution in [2.45, 2.75) is 11.1 Å². The third-order valence-corrected chi connectivity index (χ3v) is 7.03. The van der Waals surface area contributed by atoms with Crippen molar-refractivity contribution < 1.29 is 35.1 Å². The number of halogens is 6. The number of hydrogen-bond donors (Lipinski definition) is 0. The molecule has 0 N–H and O–H groups in total. The van der Waals surface area contributed by atoms with Gasteiger partial charge < -0.3 is 4.74 Å². The fraction of sp³-hybridized carbons (Fsp3) is 0.143. The molecule has 0 radical (unpaired) electrons. The van der Waals surface area contributed by atoms with Gasteiger partial charge in [-0.05, 0) is 42.0 Å². The second-order valence-corrected chi connectivity index (χ2v) is 9.12. The first-order chi connectivity index (χ1) is 15.0. The molecule has 0 amide bonds. The minimum atomic E-state index is -4.72. The van der Waals surface area contributed by atoms with E-state index in [1.54, 1.807) is 0 Å². The molecule has 3 aromatic rings. The molecule has 1 aliphatic heterocycles. The molecule has 168 valence electrons. The van der Waals surface area contributed by atoms with E-state index in [4.69, 9.17) is 16.3 Å². The van der Waals surface area contributed by atoms with Crippen LogP contribution >= 0.6 is 11.6 Å². The molecule has 0 fully saturated rings. The van der Waals surface area contributed by atoms with Crippen molar-refractivity contribution >= 4 is 27.3 Å². The van der Waals surface area contributed by atoms with Crippen molar-refractivity contribution in [3.8, 4) is 16.9 Å². The molecule has 0 bridgehead atoms. The Morgan fingerprint density at radius 1 is 1.00 bits per heavy atom. The third kappa shape index (κ3) is 4.00. The third-order valence-electron chi connectivity index (χ3n) is 4.83. The molecule has 0 aliphatic carbocycles. The van der Waals surface area contributed by atoms with Gasteiger partial charge >= 0.3 is 6.18 Å². The minimum Gasteiger partial charge on any atom is -0.489 e. The molecule has 0 unspecified atom stereocenters. The van der Waals surface area contributed by atoms with Crippen LogP contribution < -0.4 is 9.04 Å². The fourth-order valence-corrected chi connectivity index (χ4v) is 5.05. The molecule has 0 atom stereocenters. The lowest BCUT2D eigenvalue weighted by molar-refractivity contribution is -0.137. The number of nitrogens with zero attached hydrogens (tertiary/aromatic N) is 1. The molecule has 0 saturated carbocycles. The van der Waals surface area contributed by atoms with Crippen LogP contribution in [0.4, 0.5) is 27.6 Å². The van der Waals surface area contributed by atoms with Gasteiger partial charge in [-0.25, -0.2) is 17.2 Å². The van der Waals surface area contributed by atoms with Crippen molar-refractivity contribution in [1.29, 1.82) is 0 Å². The summed E-state index contributed by atoms with van der Waals surface area (Å²) in [7, 11) is -4.41. The van der Waals surface area contributed by atoms with E-state index in [2.05, 4.69) is 0 Å². The summed E-state index contributed by atoms with van der Waals surface area (Å²) < 4.78 is 99.6. The minimum absolute atomic E-state index is 0.00639. The van der Waals surface area contributed by atoms with Crippen LogP contribution in [0.15, 0.2) is 59.5 Å². The maximum absolute atomic E-state index is 13.9. The topological polar surface area (TPSA) is 46.6 Å². The van der Waals surface area contributed by atoms with Gasteiger partial charge in [-0.1, -0.05) is 23.7 Å². The smallest absolute Gasteiger partial charge is 0.416 e. The predicted molar refractivity (Wildman–Crippen MR) is 108 cm³/mol. The van der Waals surface area contributed by atoms with Crippen molar-refractivity contribution in [3.05, 3.63) is 76.8 Å². The van der Waals surface area contributed by atoms with Crippen LogP contribution in [0.2, 0.25) is 5.02 Å². The number of alkyl halides is 3. The number of anilines is 1. The standard InChI is InChI=1S/C21H13ClF5NO3S/c22-20-16(10-14(23)11-17(20)24)12-4-5-19-18(8-12)28(6-7-31-19)32(29,30)15-3-1-2-13(9-15)21(25,26)27/h1-5,8-11H,6-7H2. The summed E-state index contributed by atoms with van der Waals surface area (Å²) in [6, 6.07) is 9.13. The van der Waals surface area contributed by atoms with Crippen LogP contribution in [0.1, 0.15) is 5.56 Å². The van der Waals surface area contributed by atoms with Crippen molar-refractivity contribution in [1.82, 2.24) is 0 Å². The number of ether oxygens (including phenoxy) is 1. The fourth-order valence-electron chi connectivity index (χ4n) is 3.34. The maximum Gasteiger partial charge on any atom is 0.416 e. The van der Waals surface area contributed by atoms with E-state index >= 15 is 0 Å². The van der Waals surface area contributed by atoms with Gasteiger partial charge in [0.05, 0.1) is 27.7 Å². The molecular weight excluding hydrogens is 477 g/mol. The lowest BCUT2D eigenvalue weighted by atomic mass is 10.0. The zero-order chi connectivity index (χ0) is 23.3. The normalized spacial score (nSPS) is 14.1. The maximum atomic E-state index is 13.9. The Bertz CT molecular complexity index is 1310. The zero-order valence-corrected chi connectivity index (χ0v) is 17.5. The monoisotopic (exact) mass is 489 g/mol. The van der Waals surface area contributed by atoms with E-state index in [-0.39, 0.29) is 40.7 Å². The molecule has 4 nitrogen and oxygen atoms in total. The molecule has 1 aliphatic rings. The summed E-state index contributed by atoms with van der Waals surface area (Å²) >= 11 is 5.95. The highest BCUT2D eigenvalue weighted by Crippen LogP contribution is 2.41. The van der Waals surface area contributed by atoms with Gasteiger partial charge in [0.15, 0.2) is 0 Å². The largest absolute Gasteiger partial charge is 0.489 e. The van der Waals surface area contributed by atoms with Crippen LogP contribution in [-0.2, 0) is 16.2 Å². The SMILES string of the molecule is O=S(=O)(c1cccc(C(F)(F)F)c1)N1CCOc2ccc(-c3cc(F)cc(F)c3Cl)cc21. The summed E-state index contributed by atoms with van der Waals surface area (Å²) in [6.07, 6.45) is -4.72. The Morgan fingerprint density at radius 3 is 2.47 bits per heavy atom. The second-order valence-electron chi connectivity index (χ2n) is 6.88. The highest BCUT2D eigenvalue weighted by molar-refractivity contribution is 7.92. The van der Waals surface area contributed by atoms with Crippen molar-refractivity contribution in [2.75, 3.05) is 17.5 Å². The van der Waals surface area contributed by atoms with E-state index in [9.17, 15) is 30.4 Å². The Hall–Kier alpha value is -2.85. The second kappa shape index (κ2) is 7.93. The van der Waals surface area contributed by atoms with Crippen LogP contribution in [0.5, 0.6) is 5.75 Å². The molecular formula is C21H13ClF5NO3S. The van der Waals surface area contributed by atoms with Gasteiger partial charge in [0.1, 0.15) is 24.0 Å². The van der Waals surface area contributed by atoms with Gasteiger partial charge in [-0.2, -0.15) is 13.2 Å². The Kier molecular flexibility index (Phi) is 5.54. The zero-order valence-electron chi connectivity index (χ0n) is 16.0. The van der Waals surface area contributed by atoms with Gasteiger partial charge in [0.2, 0.25) is 0 Å². The molecule has 0 aromatic heterocycles. The summed E-state index contributed by atoms with van der Waals surface area (Å²) in [4.78, 5) is -0.555. The first-order valence-corrected chi connectivity index (χ1v) is 10.9. The summed E-state index contributed by atoms with van der Waals surface area (Å²) in [5.74, 6) is -1.74. The van der Waals surface area contributed by atoms with Gasteiger partial charge in [-0.15, -0.1) is 0 Å². The van der Waals surface area contributed by atoms with Crippen LogP contribution in [0.25, 0.3) is 11.1 Å². The van der Waals surface area contributed by atoms with Crippen LogP contribution in [0, 0.1) is 11.6 Å². The first kappa shape index (κ1) is 22.3. The van der Waals surface area contributed by atoms with Gasteiger partial charge in [-0.3, -0.25) is 4.31 Å². The average Bonchev–Trinajstić information content (AvgIpc) is 2.75. The summed E-state index contributed by atoms with van der Waals surface area (Å²) in [5, 5.41) is -0.365. The van der Waals surface area contributed by atoms with Gasteiger partial charge in [0, 0.05) is 11.6 Å². The van der Waals surface area contributed by atoms with E-state index < -0.39 is 38.3 Å². The Balaban J connectivity index is 1.83. The lowest BCUT2D eigenvalue weighted by Gasteiger charge is -2.31. The van der Waals surface area contributed by atoms with Crippen LogP contribution in [0.3, 0.4) is 0 Å².